The largest absolute Gasteiger partial charge is 0.394 e. The maximum absolute atomic E-state index is 12.7. The fourth-order valence-electron chi connectivity index (χ4n) is 2.64. The van der Waals surface area contributed by atoms with Crippen molar-refractivity contribution in [2.45, 2.75) is 49.8 Å². The summed E-state index contributed by atoms with van der Waals surface area (Å²) in [5.74, 6) is -1.61. The second-order valence-electron chi connectivity index (χ2n) is 7.42. The van der Waals surface area contributed by atoms with E-state index in [1.54, 1.807) is 0 Å². The van der Waals surface area contributed by atoms with Gasteiger partial charge in [-0.25, -0.2) is 0 Å². The number of nitrogens with zero attached hydrogens (tertiary/aromatic N) is 1. The molecular weight excluding hydrogens is 384 g/mol. The Labute approximate surface area is 168 Å². The summed E-state index contributed by atoms with van der Waals surface area (Å²) in [7, 11) is 3.62. The van der Waals surface area contributed by atoms with E-state index in [4.69, 9.17) is 21.0 Å². The van der Waals surface area contributed by atoms with E-state index in [1.807, 2.05) is 19.0 Å². The fraction of sp³-hybridized carbons (Fsp3) is 0.706. The summed E-state index contributed by atoms with van der Waals surface area (Å²) in [4.78, 5) is 26.4. The van der Waals surface area contributed by atoms with E-state index in [2.05, 4.69) is 16.0 Å². The second-order valence-corrected chi connectivity index (χ2v) is 7.42. The molecule has 12 heteroatoms. The molecule has 0 aromatic heterocycles. The number of amidine groups is 1. The van der Waals surface area contributed by atoms with Gasteiger partial charge in [0.15, 0.2) is 12.1 Å². The zero-order chi connectivity index (χ0) is 21.7. The highest BCUT2D eigenvalue weighted by Crippen LogP contribution is 2.22. The average Bonchev–Trinajstić information content (AvgIpc) is 3.45. The van der Waals surface area contributed by atoms with E-state index in [-0.39, 0.29) is 23.9 Å². The molecule has 1 aliphatic heterocycles. The third-order valence-electron chi connectivity index (χ3n) is 4.56. The van der Waals surface area contributed by atoms with E-state index in [0.29, 0.717) is 6.54 Å². The molecule has 9 N–H and O–H groups in total. The number of nitrogens with one attached hydrogen (secondary N) is 4. The van der Waals surface area contributed by atoms with Crippen LogP contribution in [0.25, 0.3) is 0 Å². The molecule has 4 unspecified atom stereocenters. The Kier molecular flexibility index (Phi) is 7.93. The molecule has 4 atom stereocenters. The molecule has 2 amide bonds. The molecule has 2 aliphatic rings. The third-order valence-corrected chi connectivity index (χ3v) is 4.56. The Hall–Kier alpha value is -2.25. The second kappa shape index (κ2) is 9.98. The lowest BCUT2D eigenvalue weighted by atomic mass is 10.1. The first-order chi connectivity index (χ1) is 13.6. The zero-order valence-corrected chi connectivity index (χ0v) is 16.5. The molecule has 1 aliphatic carbocycles. The van der Waals surface area contributed by atoms with E-state index in [1.165, 1.54) is 0 Å². The van der Waals surface area contributed by atoms with Crippen molar-refractivity contribution in [1.29, 1.82) is 5.41 Å². The summed E-state index contributed by atoms with van der Waals surface area (Å²) in [5.41, 5.74) is 5.55. The molecule has 12 nitrogen and oxygen atoms in total. The number of amides is 2. The van der Waals surface area contributed by atoms with Crippen LogP contribution in [0.1, 0.15) is 19.3 Å². The lowest BCUT2D eigenvalue weighted by Crippen LogP contribution is -2.47. The summed E-state index contributed by atoms with van der Waals surface area (Å²) in [6.07, 6.45) is -3.30. The van der Waals surface area contributed by atoms with Gasteiger partial charge < -0.3 is 46.6 Å². The van der Waals surface area contributed by atoms with Crippen LogP contribution in [0.5, 0.6) is 0 Å². The molecule has 0 spiro atoms. The van der Waals surface area contributed by atoms with E-state index >= 15 is 0 Å². The van der Waals surface area contributed by atoms with Crippen molar-refractivity contribution < 1.29 is 29.6 Å². The standard InChI is InChI=1S/C17H30N6O6/c1-23(2)6-5-10(25)21-15(19)11(18)12(20-8-3-4-8)16(28)22-17-14(27)13(26)9(7-24)29-17/h8-9,13-14,17,20,24,26-27H,3-7,18H2,1-2H3,(H,22,28)(H2,19,21,25)/b12-11+. The van der Waals surface area contributed by atoms with Crippen LogP contribution >= 0.6 is 0 Å². The molecule has 2 rings (SSSR count). The molecule has 0 bridgehead atoms. The van der Waals surface area contributed by atoms with Gasteiger partial charge in [0.1, 0.15) is 29.7 Å². The molecule has 0 radical (unpaired) electrons. The SMILES string of the molecule is CN(C)CCC(=O)NC(=N)/C(N)=C(\NC1CC1)C(=O)NC1OC(CO)C(O)C1O. The Morgan fingerprint density at radius 2 is 1.86 bits per heavy atom. The zero-order valence-electron chi connectivity index (χ0n) is 16.5. The number of hydrogen-bond acceptors (Lipinski definition) is 10. The first kappa shape index (κ1) is 23.0. The Morgan fingerprint density at radius 3 is 2.38 bits per heavy atom. The van der Waals surface area contributed by atoms with Crippen LogP contribution < -0.4 is 21.7 Å². The van der Waals surface area contributed by atoms with Crippen LogP contribution in [0.3, 0.4) is 0 Å². The lowest BCUT2D eigenvalue weighted by Gasteiger charge is -2.20. The highest BCUT2D eigenvalue weighted by Gasteiger charge is 2.43. The number of aliphatic hydroxyl groups is 3. The summed E-state index contributed by atoms with van der Waals surface area (Å²) < 4.78 is 5.23. The first-order valence-corrected chi connectivity index (χ1v) is 9.37. The monoisotopic (exact) mass is 414 g/mol. The number of carbonyl (C=O) groups is 2. The first-order valence-electron chi connectivity index (χ1n) is 9.37. The number of ether oxygens (including phenoxy) is 1. The minimum absolute atomic E-state index is 0.0109. The Bertz CT molecular complexity index is 665. The van der Waals surface area contributed by atoms with Crippen LogP contribution in [0.15, 0.2) is 11.4 Å². The molecule has 164 valence electrons. The smallest absolute Gasteiger partial charge is 0.271 e. The highest BCUT2D eigenvalue weighted by atomic mass is 16.6. The number of hydrogen-bond donors (Lipinski definition) is 8. The van der Waals surface area contributed by atoms with Gasteiger partial charge in [-0.3, -0.25) is 15.0 Å². The summed E-state index contributed by atoms with van der Waals surface area (Å²) in [6.45, 7) is -0.0406. The average molecular weight is 414 g/mol. The molecule has 0 aromatic carbocycles. The van der Waals surface area contributed by atoms with Crippen molar-refractivity contribution in [3.05, 3.63) is 11.4 Å². The third kappa shape index (κ3) is 6.37. The van der Waals surface area contributed by atoms with Crippen LogP contribution in [-0.2, 0) is 14.3 Å². The maximum atomic E-state index is 12.7. The fourth-order valence-corrected chi connectivity index (χ4v) is 2.64. The minimum Gasteiger partial charge on any atom is -0.394 e. The van der Waals surface area contributed by atoms with Crippen molar-refractivity contribution in [3.8, 4) is 0 Å². The quantitative estimate of drug-likeness (QED) is 0.107. The minimum atomic E-state index is -1.44. The number of carbonyl (C=O) groups excluding carboxylic acids is 2. The van der Waals surface area contributed by atoms with Gasteiger partial charge in [0.2, 0.25) is 5.91 Å². The normalized spacial score (nSPS) is 27.4. The maximum Gasteiger partial charge on any atom is 0.271 e. The van der Waals surface area contributed by atoms with Gasteiger partial charge >= 0.3 is 0 Å². The Balaban J connectivity index is 2.07. The Morgan fingerprint density at radius 1 is 1.21 bits per heavy atom. The predicted molar refractivity (Wildman–Crippen MR) is 102 cm³/mol. The topological polar surface area (TPSA) is 193 Å². The van der Waals surface area contributed by atoms with Crippen LogP contribution in [-0.4, -0.2) is 95.7 Å². The number of aliphatic hydroxyl groups excluding tert-OH is 3. The van der Waals surface area contributed by atoms with Crippen LogP contribution in [0.2, 0.25) is 0 Å². The van der Waals surface area contributed by atoms with E-state index in [0.717, 1.165) is 12.8 Å². The molecule has 1 heterocycles. The van der Waals surface area contributed by atoms with Gasteiger partial charge in [0.05, 0.1) is 6.61 Å². The molecule has 2 fully saturated rings. The molecule has 1 saturated carbocycles. The summed E-state index contributed by atoms with van der Waals surface area (Å²) in [6, 6.07) is 0.0109. The van der Waals surface area contributed by atoms with E-state index < -0.39 is 48.8 Å². The van der Waals surface area contributed by atoms with Gasteiger partial charge in [-0.2, -0.15) is 0 Å². The van der Waals surface area contributed by atoms with Crippen LogP contribution in [0.4, 0.5) is 0 Å². The summed E-state index contributed by atoms with van der Waals surface area (Å²) >= 11 is 0. The number of nitrogens with two attached hydrogens (primary N) is 1. The lowest BCUT2D eigenvalue weighted by molar-refractivity contribution is -0.124. The van der Waals surface area contributed by atoms with Crippen molar-refractivity contribution >= 4 is 17.6 Å². The van der Waals surface area contributed by atoms with Crippen molar-refractivity contribution in [3.63, 3.8) is 0 Å². The molecule has 1 saturated heterocycles. The molecule has 29 heavy (non-hydrogen) atoms. The van der Waals surface area contributed by atoms with Gasteiger partial charge in [-0.15, -0.1) is 0 Å². The predicted octanol–water partition coefficient (Wildman–Crippen LogP) is -3.49. The highest BCUT2D eigenvalue weighted by molar-refractivity contribution is 6.10. The van der Waals surface area contributed by atoms with Crippen molar-refractivity contribution in [2.75, 3.05) is 27.2 Å². The van der Waals surface area contributed by atoms with Gasteiger partial charge in [0.25, 0.3) is 5.91 Å². The number of rotatable bonds is 9. The summed E-state index contributed by atoms with van der Waals surface area (Å²) in [5, 5.41) is 44.6. The van der Waals surface area contributed by atoms with E-state index in [9.17, 15) is 19.8 Å². The van der Waals surface area contributed by atoms with Gasteiger partial charge in [0, 0.05) is 19.0 Å². The molecular formula is C17H30N6O6. The van der Waals surface area contributed by atoms with Gasteiger partial charge in [-0.1, -0.05) is 0 Å². The molecule has 0 aromatic rings. The van der Waals surface area contributed by atoms with Crippen molar-refractivity contribution in [2.24, 2.45) is 5.73 Å². The van der Waals surface area contributed by atoms with Crippen molar-refractivity contribution in [1.82, 2.24) is 20.9 Å². The van der Waals surface area contributed by atoms with Crippen LogP contribution in [0, 0.1) is 5.41 Å². The van der Waals surface area contributed by atoms with Gasteiger partial charge in [-0.05, 0) is 26.9 Å².